The van der Waals surface area contributed by atoms with E-state index < -0.39 is 0 Å². The van der Waals surface area contributed by atoms with Gasteiger partial charge in [-0.3, -0.25) is 9.25 Å². The highest BCUT2D eigenvalue weighted by Gasteiger charge is 2.21. The number of hydrogen-bond acceptors (Lipinski definition) is 3. The minimum atomic E-state index is 0.539. The molecule has 0 radical (unpaired) electrons. The molecule has 0 N–H and O–H groups in total. The molecular weight excluding hydrogens is 288 g/mol. The van der Waals surface area contributed by atoms with Crippen molar-refractivity contribution >= 4 is 22.8 Å². The van der Waals surface area contributed by atoms with Gasteiger partial charge in [0.25, 0.3) is 0 Å². The van der Waals surface area contributed by atoms with E-state index in [1.165, 1.54) is 0 Å². The normalized spacial score (nSPS) is 11.7. The summed E-state index contributed by atoms with van der Waals surface area (Å²) in [4.78, 5) is 4.74. The Labute approximate surface area is 128 Å². The standard InChI is InChI=1S/C14H19ClN6/c1-5-10-11(8-19(3)18-10)21-12(6-7-15)16-13-9(2)17-20(4)14(13)21/h8H,5-7H2,1-4H3. The summed E-state index contributed by atoms with van der Waals surface area (Å²) in [5.74, 6) is 1.50. The Morgan fingerprint density at radius 1 is 1.24 bits per heavy atom. The number of imidazole rings is 1. The fourth-order valence-corrected chi connectivity index (χ4v) is 2.95. The van der Waals surface area contributed by atoms with Crippen molar-refractivity contribution in [2.24, 2.45) is 14.1 Å². The minimum absolute atomic E-state index is 0.539. The van der Waals surface area contributed by atoms with E-state index >= 15 is 0 Å². The van der Waals surface area contributed by atoms with Gasteiger partial charge in [0, 0.05) is 32.6 Å². The van der Waals surface area contributed by atoms with Crippen LogP contribution in [0.4, 0.5) is 0 Å². The largest absolute Gasteiger partial charge is 0.277 e. The lowest BCUT2D eigenvalue weighted by atomic mass is 10.3. The van der Waals surface area contributed by atoms with E-state index in [0.29, 0.717) is 12.3 Å². The minimum Gasteiger partial charge on any atom is -0.277 e. The maximum absolute atomic E-state index is 5.95. The second-order valence-corrected chi connectivity index (χ2v) is 5.55. The van der Waals surface area contributed by atoms with Gasteiger partial charge in [-0.25, -0.2) is 9.67 Å². The summed E-state index contributed by atoms with van der Waals surface area (Å²) in [5, 5.41) is 9.01. The highest BCUT2D eigenvalue weighted by atomic mass is 35.5. The van der Waals surface area contributed by atoms with Crippen LogP contribution in [0.3, 0.4) is 0 Å². The van der Waals surface area contributed by atoms with Crippen LogP contribution in [0.25, 0.3) is 16.9 Å². The molecule has 0 saturated carbocycles. The van der Waals surface area contributed by atoms with Crippen molar-refractivity contribution in [3.63, 3.8) is 0 Å². The number of rotatable bonds is 4. The molecule has 3 aromatic heterocycles. The molecule has 0 spiro atoms. The van der Waals surface area contributed by atoms with Gasteiger partial charge in [-0.1, -0.05) is 6.92 Å². The molecule has 112 valence electrons. The van der Waals surface area contributed by atoms with E-state index in [4.69, 9.17) is 16.6 Å². The molecule has 0 aliphatic rings. The molecule has 0 aliphatic heterocycles. The Hall–Kier alpha value is -1.82. The quantitative estimate of drug-likeness (QED) is 0.694. The molecule has 7 heteroatoms. The van der Waals surface area contributed by atoms with Gasteiger partial charge in [0.05, 0.1) is 17.1 Å². The Morgan fingerprint density at radius 2 is 2.00 bits per heavy atom. The smallest absolute Gasteiger partial charge is 0.163 e. The second-order valence-electron chi connectivity index (χ2n) is 5.17. The summed E-state index contributed by atoms with van der Waals surface area (Å²) < 4.78 is 5.86. The van der Waals surface area contributed by atoms with Gasteiger partial charge in [0.15, 0.2) is 5.65 Å². The van der Waals surface area contributed by atoms with Crippen LogP contribution in [0.5, 0.6) is 0 Å². The molecule has 0 aromatic carbocycles. The summed E-state index contributed by atoms with van der Waals surface area (Å²) in [6, 6.07) is 0. The van der Waals surface area contributed by atoms with E-state index in [2.05, 4.69) is 21.7 Å². The third kappa shape index (κ3) is 2.14. The molecule has 6 nitrogen and oxygen atoms in total. The van der Waals surface area contributed by atoms with Crippen LogP contribution in [0.1, 0.15) is 24.1 Å². The van der Waals surface area contributed by atoms with Crippen LogP contribution in [0.15, 0.2) is 6.20 Å². The van der Waals surface area contributed by atoms with Crippen LogP contribution in [-0.4, -0.2) is 35.0 Å². The molecule has 3 heterocycles. The van der Waals surface area contributed by atoms with E-state index in [1.807, 2.05) is 36.6 Å². The first kappa shape index (κ1) is 14.1. The number of hydrogen-bond donors (Lipinski definition) is 0. The fourth-order valence-electron chi connectivity index (χ4n) is 2.78. The van der Waals surface area contributed by atoms with Crippen molar-refractivity contribution in [1.82, 2.24) is 29.1 Å². The van der Waals surface area contributed by atoms with E-state index in [1.54, 1.807) is 0 Å². The van der Waals surface area contributed by atoms with Crippen LogP contribution < -0.4 is 0 Å². The summed E-state index contributed by atoms with van der Waals surface area (Å²) in [6.45, 7) is 4.09. The maximum atomic E-state index is 5.95. The fraction of sp³-hybridized carbons (Fsp3) is 0.500. The molecule has 3 rings (SSSR count). The maximum Gasteiger partial charge on any atom is 0.163 e. The molecule has 21 heavy (non-hydrogen) atoms. The zero-order valence-corrected chi connectivity index (χ0v) is 13.5. The van der Waals surface area contributed by atoms with Gasteiger partial charge >= 0.3 is 0 Å². The number of nitrogens with zero attached hydrogens (tertiary/aromatic N) is 6. The topological polar surface area (TPSA) is 53.5 Å². The highest BCUT2D eigenvalue weighted by Crippen LogP contribution is 2.25. The predicted molar refractivity (Wildman–Crippen MR) is 83.1 cm³/mol. The molecule has 0 fully saturated rings. The Balaban J connectivity index is 2.35. The van der Waals surface area contributed by atoms with Crippen LogP contribution >= 0.6 is 11.6 Å². The summed E-state index contributed by atoms with van der Waals surface area (Å²) in [6.07, 6.45) is 3.61. The zero-order chi connectivity index (χ0) is 15.1. The second kappa shape index (κ2) is 5.18. The zero-order valence-electron chi connectivity index (χ0n) is 12.8. The van der Waals surface area contributed by atoms with E-state index in [0.717, 1.165) is 40.5 Å². The number of fused-ring (bicyclic) bond motifs is 1. The number of alkyl halides is 1. The Bertz CT molecular complexity index is 794. The van der Waals surface area contributed by atoms with Crippen molar-refractivity contribution in [2.75, 3.05) is 5.88 Å². The molecule has 0 unspecified atom stereocenters. The summed E-state index contributed by atoms with van der Waals surface area (Å²) in [7, 11) is 3.88. The third-order valence-electron chi connectivity index (χ3n) is 3.65. The van der Waals surface area contributed by atoms with E-state index in [-0.39, 0.29) is 0 Å². The lowest BCUT2D eigenvalue weighted by molar-refractivity contribution is 0.746. The number of aryl methyl sites for hydroxylation is 5. The Morgan fingerprint density at radius 3 is 2.67 bits per heavy atom. The first-order valence-corrected chi connectivity index (χ1v) is 7.60. The Kier molecular flexibility index (Phi) is 3.49. The highest BCUT2D eigenvalue weighted by molar-refractivity contribution is 6.17. The van der Waals surface area contributed by atoms with Gasteiger partial charge in [0.1, 0.15) is 11.3 Å². The first-order chi connectivity index (χ1) is 10.1. The summed E-state index contributed by atoms with van der Waals surface area (Å²) in [5.41, 5.74) is 4.97. The predicted octanol–water partition coefficient (Wildman–Crippen LogP) is 2.14. The lowest BCUT2D eigenvalue weighted by Gasteiger charge is -2.08. The molecule has 0 aliphatic carbocycles. The van der Waals surface area contributed by atoms with Crippen molar-refractivity contribution in [3.05, 3.63) is 23.4 Å². The molecule has 0 amide bonds. The lowest BCUT2D eigenvalue weighted by Crippen LogP contribution is -2.07. The molecule has 0 saturated heterocycles. The van der Waals surface area contributed by atoms with Crippen molar-refractivity contribution < 1.29 is 0 Å². The molecular formula is C14H19ClN6. The molecule has 3 aromatic rings. The first-order valence-electron chi connectivity index (χ1n) is 7.06. The van der Waals surface area contributed by atoms with Crippen molar-refractivity contribution in [1.29, 1.82) is 0 Å². The van der Waals surface area contributed by atoms with Crippen LogP contribution in [0.2, 0.25) is 0 Å². The number of aromatic nitrogens is 6. The number of halogens is 1. The molecule has 0 atom stereocenters. The third-order valence-corrected chi connectivity index (χ3v) is 3.84. The van der Waals surface area contributed by atoms with Gasteiger partial charge in [0.2, 0.25) is 0 Å². The van der Waals surface area contributed by atoms with E-state index in [9.17, 15) is 0 Å². The van der Waals surface area contributed by atoms with Gasteiger partial charge in [-0.2, -0.15) is 10.2 Å². The van der Waals surface area contributed by atoms with Crippen LogP contribution in [-0.2, 0) is 26.9 Å². The van der Waals surface area contributed by atoms with Gasteiger partial charge in [-0.15, -0.1) is 11.6 Å². The van der Waals surface area contributed by atoms with Gasteiger partial charge in [-0.05, 0) is 13.3 Å². The van der Waals surface area contributed by atoms with Crippen molar-refractivity contribution in [2.45, 2.75) is 26.7 Å². The summed E-state index contributed by atoms with van der Waals surface area (Å²) >= 11 is 5.95. The van der Waals surface area contributed by atoms with Crippen LogP contribution in [0, 0.1) is 6.92 Å². The monoisotopic (exact) mass is 306 g/mol. The SMILES string of the molecule is CCc1nn(C)cc1-n1c(CCCl)nc2c(C)nn(C)c21. The average Bonchev–Trinajstić information content (AvgIpc) is 3.06. The van der Waals surface area contributed by atoms with Gasteiger partial charge < -0.3 is 0 Å². The average molecular weight is 307 g/mol. The molecule has 0 bridgehead atoms. The van der Waals surface area contributed by atoms with Crippen molar-refractivity contribution in [3.8, 4) is 5.69 Å².